The summed E-state index contributed by atoms with van der Waals surface area (Å²) in [6, 6.07) is 4.26. The molecule has 2 aromatic rings. The van der Waals surface area contributed by atoms with Crippen molar-refractivity contribution in [3.63, 3.8) is 0 Å². The van der Waals surface area contributed by atoms with Crippen LogP contribution in [0.15, 0.2) is 41.3 Å². The van der Waals surface area contributed by atoms with Crippen LogP contribution in [0, 0.1) is 11.8 Å². The second-order valence-electron chi connectivity index (χ2n) is 9.49. The second-order valence-corrected chi connectivity index (χ2v) is 9.49. The predicted octanol–water partition coefficient (Wildman–Crippen LogP) is 1.62. The first-order valence-electron chi connectivity index (χ1n) is 11.0. The van der Waals surface area contributed by atoms with E-state index in [4.69, 9.17) is 0 Å². The number of hydrogen-bond acceptors (Lipinski definition) is 9. The Balaban J connectivity index is 1.76. The van der Waals surface area contributed by atoms with Gasteiger partial charge in [0.05, 0.1) is 11.6 Å². The molecule has 1 fully saturated rings. The lowest BCUT2D eigenvalue weighted by Gasteiger charge is -2.50. The number of hydrogen-bond donors (Lipinski definition) is 4. The Bertz CT molecular complexity index is 1370. The van der Waals surface area contributed by atoms with Crippen LogP contribution in [0.1, 0.15) is 24.5 Å². The maximum Gasteiger partial charge on any atom is 0.202 e. The van der Waals surface area contributed by atoms with Gasteiger partial charge in [-0.3, -0.25) is 24.3 Å². The normalized spacial score (nSPS) is 28.8. The molecule has 0 aliphatic heterocycles. The van der Waals surface area contributed by atoms with E-state index in [0.717, 1.165) is 6.92 Å². The Morgan fingerprint density at radius 3 is 2.56 bits per heavy atom. The predicted molar refractivity (Wildman–Crippen MR) is 121 cm³/mol. The molecule has 1 heterocycles. The Hall–Kier alpha value is -3.56. The lowest BCUT2D eigenvalue weighted by Crippen LogP contribution is -2.65. The molecule has 9 heteroatoms. The molecule has 34 heavy (non-hydrogen) atoms. The number of carbonyl (C=O) groups excluding carboxylic acids is 3. The number of nitrogens with zero attached hydrogens (tertiary/aromatic N) is 2. The van der Waals surface area contributed by atoms with Gasteiger partial charge in [0, 0.05) is 23.1 Å². The highest BCUT2D eigenvalue weighted by atomic mass is 16.3. The standard InChI is InChI=1S/C25H24N2O7/c1-10(28)15-22(31)19(27(2)3)14-9-13-8-12-7-11-5-4-6-26-18(11)21(30)16(12)20(29)17(13)24(33)25(14,34)23(15)32/h4-7,13-14,19,29-30,32,34H,8-9H2,1-3H3/t13-,14-,19-,25+/m0/s1. The quantitative estimate of drug-likeness (QED) is 0.487. The molecule has 0 radical (unpaired) electrons. The van der Waals surface area contributed by atoms with E-state index in [1.807, 2.05) is 0 Å². The van der Waals surface area contributed by atoms with Gasteiger partial charge in [-0.05, 0) is 57.5 Å². The highest BCUT2D eigenvalue weighted by molar-refractivity contribution is 6.25. The number of aromatic hydroxyl groups is 1. The van der Waals surface area contributed by atoms with Crippen molar-refractivity contribution in [3.05, 3.63) is 52.4 Å². The number of carbonyl (C=O) groups is 3. The third-order valence-electron chi connectivity index (χ3n) is 7.39. The second kappa shape index (κ2) is 7.22. The van der Waals surface area contributed by atoms with Gasteiger partial charge in [-0.1, -0.05) is 6.07 Å². The van der Waals surface area contributed by atoms with Crippen LogP contribution in [-0.2, 0) is 20.8 Å². The zero-order valence-corrected chi connectivity index (χ0v) is 18.9. The molecule has 3 aliphatic rings. The highest BCUT2D eigenvalue weighted by Crippen LogP contribution is 2.53. The number of fused-ring (bicyclic) bond motifs is 4. The van der Waals surface area contributed by atoms with Crippen LogP contribution >= 0.6 is 0 Å². The van der Waals surface area contributed by atoms with Gasteiger partial charge in [0.25, 0.3) is 0 Å². The largest absolute Gasteiger partial charge is 0.508 e. The molecule has 176 valence electrons. The number of phenolic OH excluding ortho intramolecular Hbond substituents is 1. The summed E-state index contributed by atoms with van der Waals surface area (Å²) < 4.78 is 0. The van der Waals surface area contributed by atoms with Crippen LogP contribution in [0.25, 0.3) is 16.7 Å². The minimum atomic E-state index is -2.56. The molecule has 1 aromatic carbocycles. The van der Waals surface area contributed by atoms with Crippen molar-refractivity contribution in [2.75, 3.05) is 14.1 Å². The summed E-state index contributed by atoms with van der Waals surface area (Å²) in [5.41, 5.74) is -2.40. The van der Waals surface area contributed by atoms with Gasteiger partial charge in [0.2, 0.25) is 5.78 Å². The summed E-state index contributed by atoms with van der Waals surface area (Å²) in [4.78, 5) is 44.8. The molecule has 4 N–H and O–H groups in total. The van der Waals surface area contributed by atoms with Crippen LogP contribution in [-0.4, -0.2) is 73.4 Å². The molecule has 4 atom stereocenters. The Morgan fingerprint density at radius 2 is 1.91 bits per heavy atom. The van der Waals surface area contributed by atoms with Gasteiger partial charge in [-0.2, -0.15) is 0 Å². The van der Waals surface area contributed by atoms with E-state index in [9.17, 15) is 34.8 Å². The van der Waals surface area contributed by atoms with Gasteiger partial charge < -0.3 is 20.4 Å². The first-order chi connectivity index (χ1) is 16.0. The Morgan fingerprint density at radius 1 is 1.21 bits per heavy atom. The topological polar surface area (TPSA) is 148 Å². The van der Waals surface area contributed by atoms with Crippen molar-refractivity contribution in [2.45, 2.75) is 31.4 Å². The van der Waals surface area contributed by atoms with Crippen molar-refractivity contribution >= 4 is 34.0 Å². The molecule has 1 saturated carbocycles. The zero-order chi connectivity index (χ0) is 24.7. The molecular weight excluding hydrogens is 440 g/mol. The minimum absolute atomic E-state index is 0.0548. The number of phenols is 1. The van der Waals surface area contributed by atoms with Crippen LogP contribution in [0.2, 0.25) is 0 Å². The Labute approximate surface area is 194 Å². The van der Waals surface area contributed by atoms with Crippen LogP contribution in [0.3, 0.4) is 0 Å². The SMILES string of the molecule is CC(=O)C1=C(O)[C@@]2(O)C(=O)C3=C(O)c4c(cc5cccnc5c4O)C[C@H]3C[C@H]2[C@H](N(C)C)C1=O. The summed E-state index contributed by atoms with van der Waals surface area (Å²) in [6.07, 6.45) is 1.86. The van der Waals surface area contributed by atoms with E-state index in [1.54, 1.807) is 32.3 Å². The molecular formula is C25H24N2O7. The van der Waals surface area contributed by atoms with E-state index in [2.05, 4.69) is 4.98 Å². The van der Waals surface area contributed by atoms with Gasteiger partial charge in [-0.15, -0.1) is 0 Å². The van der Waals surface area contributed by atoms with Crippen LogP contribution < -0.4 is 0 Å². The summed E-state index contributed by atoms with van der Waals surface area (Å²) in [5, 5.41) is 45.2. The monoisotopic (exact) mass is 464 g/mol. The highest BCUT2D eigenvalue weighted by Gasteiger charge is 2.63. The minimum Gasteiger partial charge on any atom is -0.508 e. The van der Waals surface area contributed by atoms with Crippen LogP contribution in [0.5, 0.6) is 5.75 Å². The van der Waals surface area contributed by atoms with Crippen LogP contribution in [0.4, 0.5) is 0 Å². The molecule has 9 nitrogen and oxygen atoms in total. The fourth-order valence-electron chi connectivity index (χ4n) is 5.94. The number of likely N-dealkylation sites (N-methyl/N-ethyl adjacent to an activating group) is 1. The molecule has 0 spiro atoms. The smallest absolute Gasteiger partial charge is 0.202 e. The summed E-state index contributed by atoms with van der Waals surface area (Å²) in [5.74, 6) is -5.76. The van der Waals surface area contributed by atoms with Gasteiger partial charge in [0.1, 0.15) is 22.6 Å². The third kappa shape index (κ3) is 2.68. The molecule has 0 unspecified atom stereocenters. The number of benzene rings is 1. The van der Waals surface area contributed by atoms with Crippen molar-refractivity contribution in [3.8, 4) is 5.75 Å². The number of aliphatic hydroxyl groups excluding tert-OH is 2. The maximum atomic E-state index is 13.8. The van der Waals surface area contributed by atoms with Crippen molar-refractivity contribution in [1.82, 2.24) is 9.88 Å². The fraction of sp³-hybridized carbons (Fsp3) is 0.360. The average Bonchev–Trinajstić information content (AvgIpc) is 2.76. The van der Waals surface area contributed by atoms with Gasteiger partial charge in [0.15, 0.2) is 22.9 Å². The number of ketones is 3. The van der Waals surface area contributed by atoms with Crippen molar-refractivity contribution < 1.29 is 34.8 Å². The molecule has 0 saturated heterocycles. The lowest BCUT2D eigenvalue weighted by atomic mass is 9.57. The maximum absolute atomic E-state index is 13.8. The third-order valence-corrected chi connectivity index (χ3v) is 7.39. The van der Waals surface area contributed by atoms with E-state index in [-0.39, 0.29) is 35.2 Å². The number of aliphatic hydroxyl groups is 3. The van der Waals surface area contributed by atoms with E-state index in [1.165, 1.54) is 11.1 Å². The first kappa shape index (κ1) is 22.2. The summed E-state index contributed by atoms with van der Waals surface area (Å²) >= 11 is 0. The van der Waals surface area contributed by atoms with E-state index in [0.29, 0.717) is 10.9 Å². The van der Waals surface area contributed by atoms with Crippen molar-refractivity contribution in [1.29, 1.82) is 0 Å². The van der Waals surface area contributed by atoms with Gasteiger partial charge >= 0.3 is 0 Å². The number of rotatable bonds is 2. The number of Topliss-reactive ketones (excluding diaryl/α,β-unsaturated/α-hetero) is 3. The van der Waals surface area contributed by atoms with Crippen molar-refractivity contribution in [2.24, 2.45) is 11.8 Å². The molecule has 3 aliphatic carbocycles. The summed E-state index contributed by atoms with van der Waals surface area (Å²) in [6.45, 7) is 1.08. The first-order valence-corrected chi connectivity index (χ1v) is 11.0. The Kier molecular flexibility index (Phi) is 4.72. The number of aromatic nitrogens is 1. The van der Waals surface area contributed by atoms with E-state index >= 15 is 0 Å². The molecule has 0 bridgehead atoms. The van der Waals surface area contributed by atoms with E-state index < -0.39 is 57.9 Å². The average molecular weight is 464 g/mol. The zero-order valence-electron chi connectivity index (χ0n) is 18.9. The number of pyridine rings is 1. The molecule has 1 aromatic heterocycles. The molecule has 5 rings (SSSR count). The molecule has 0 amide bonds. The summed E-state index contributed by atoms with van der Waals surface area (Å²) in [7, 11) is 3.20. The lowest BCUT2D eigenvalue weighted by molar-refractivity contribution is -0.153. The van der Waals surface area contributed by atoms with Gasteiger partial charge in [-0.25, -0.2) is 0 Å². The fourth-order valence-corrected chi connectivity index (χ4v) is 5.94.